The van der Waals surface area contributed by atoms with Gasteiger partial charge in [0.15, 0.2) is 0 Å². The Kier molecular flexibility index (Phi) is 3.54. The monoisotopic (exact) mass is 230 g/mol. The van der Waals surface area contributed by atoms with Gasteiger partial charge in [0.1, 0.15) is 5.54 Å². The molecular weight excluding hydrogens is 218 g/mol. The molecule has 0 aliphatic carbocycles. The van der Waals surface area contributed by atoms with Crippen LogP contribution in [0.5, 0.6) is 0 Å². The van der Waals surface area contributed by atoms with E-state index in [1.54, 1.807) is 0 Å². The molecule has 0 radical (unpaired) electrons. The molecule has 0 aliphatic rings. The van der Waals surface area contributed by atoms with Crippen molar-refractivity contribution < 1.29 is 18.3 Å². The molecule has 1 aromatic rings. The van der Waals surface area contributed by atoms with Crippen LogP contribution in [0.25, 0.3) is 0 Å². The minimum absolute atomic E-state index is 0.0233. The van der Waals surface area contributed by atoms with Gasteiger partial charge in [-0.3, -0.25) is 4.98 Å². The first-order valence-corrected chi connectivity index (χ1v) is 4.51. The number of rotatable bonds is 3. The van der Waals surface area contributed by atoms with E-state index in [2.05, 4.69) is 9.72 Å². The number of pyridine rings is 1. The smallest absolute Gasteiger partial charge is 0.339 e. The fourth-order valence-electron chi connectivity index (χ4n) is 1.06. The maximum absolute atomic E-state index is 12.6. The van der Waals surface area contributed by atoms with E-state index in [4.69, 9.17) is 5.73 Å². The number of ether oxygens (including phenoxy) is 1. The van der Waals surface area contributed by atoms with E-state index in [0.717, 1.165) is 6.20 Å². The van der Waals surface area contributed by atoms with Gasteiger partial charge in [-0.15, -0.1) is 0 Å². The molecule has 1 unspecified atom stereocenters. The molecule has 4 nitrogen and oxygen atoms in total. The summed E-state index contributed by atoms with van der Waals surface area (Å²) in [7, 11) is 1.22. The van der Waals surface area contributed by atoms with Crippen LogP contribution in [0.3, 0.4) is 0 Å². The topological polar surface area (TPSA) is 65.2 Å². The second-order valence-corrected chi connectivity index (χ2v) is 3.51. The maximum atomic E-state index is 12.6. The first-order chi connectivity index (χ1) is 7.39. The number of methoxy groups -OCH3 is 1. The minimum atomic E-state index is -2.73. The number of carbonyl (C=O) groups excluding carboxylic acids is 1. The van der Waals surface area contributed by atoms with Gasteiger partial charge in [0.05, 0.1) is 18.4 Å². The van der Waals surface area contributed by atoms with Crippen LogP contribution in [-0.4, -0.2) is 24.5 Å². The molecule has 0 amide bonds. The highest BCUT2D eigenvalue weighted by atomic mass is 19.3. The van der Waals surface area contributed by atoms with Gasteiger partial charge in [-0.25, -0.2) is 13.6 Å². The highest BCUT2D eigenvalue weighted by Crippen LogP contribution is 2.23. The zero-order valence-corrected chi connectivity index (χ0v) is 8.91. The molecule has 1 atom stereocenters. The minimum Gasteiger partial charge on any atom is -0.465 e. The second-order valence-electron chi connectivity index (χ2n) is 3.51. The van der Waals surface area contributed by atoms with Crippen LogP contribution in [-0.2, 0) is 10.3 Å². The second kappa shape index (κ2) is 4.52. The van der Waals surface area contributed by atoms with Gasteiger partial charge in [0, 0.05) is 6.20 Å². The molecule has 1 heterocycles. The van der Waals surface area contributed by atoms with Gasteiger partial charge >= 0.3 is 5.97 Å². The van der Waals surface area contributed by atoms with Crippen LogP contribution in [0.15, 0.2) is 18.3 Å². The predicted molar refractivity (Wildman–Crippen MR) is 53.1 cm³/mol. The molecule has 16 heavy (non-hydrogen) atoms. The third kappa shape index (κ3) is 2.33. The summed E-state index contributed by atoms with van der Waals surface area (Å²) in [4.78, 5) is 14.8. The largest absolute Gasteiger partial charge is 0.465 e. The van der Waals surface area contributed by atoms with Crippen molar-refractivity contribution in [3.8, 4) is 0 Å². The van der Waals surface area contributed by atoms with Crippen molar-refractivity contribution in [2.45, 2.75) is 18.9 Å². The summed E-state index contributed by atoms with van der Waals surface area (Å²) >= 11 is 0. The van der Waals surface area contributed by atoms with Crippen molar-refractivity contribution in [1.29, 1.82) is 0 Å². The van der Waals surface area contributed by atoms with Crippen LogP contribution in [0.1, 0.15) is 23.0 Å². The fraction of sp³-hybridized carbons (Fsp3) is 0.400. The van der Waals surface area contributed by atoms with E-state index in [0.29, 0.717) is 0 Å². The van der Waals surface area contributed by atoms with Crippen LogP contribution in [0.4, 0.5) is 8.78 Å². The zero-order valence-electron chi connectivity index (χ0n) is 8.91. The molecule has 0 bridgehead atoms. The molecule has 0 aliphatic heterocycles. The van der Waals surface area contributed by atoms with E-state index in [-0.39, 0.29) is 11.3 Å². The number of nitrogens with zero attached hydrogens (tertiary/aromatic N) is 1. The van der Waals surface area contributed by atoms with E-state index < -0.39 is 17.9 Å². The molecule has 0 saturated carbocycles. The summed E-state index contributed by atoms with van der Waals surface area (Å²) < 4.78 is 29.6. The predicted octanol–water partition coefficient (Wildman–Crippen LogP) is 1.31. The van der Waals surface area contributed by atoms with Crippen molar-refractivity contribution in [3.05, 3.63) is 29.6 Å². The summed E-state index contributed by atoms with van der Waals surface area (Å²) in [5.41, 5.74) is 3.80. The standard InChI is InChI=1S/C10H12F2N2O2/c1-10(13,9(11)12)7-4-3-6(5-14-7)8(15)16-2/h3-5,9H,13H2,1-2H3. The molecule has 1 rings (SSSR count). The Labute approximate surface area is 91.4 Å². The van der Waals surface area contributed by atoms with Crippen molar-refractivity contribution >= 4 is 5.97 Å². The van der Waals surface area contributed by atoms with Gasteiger partial charge < -0.3 is 10.5 Å². The van der Waals surface area contributed by atoms with E-state index >= 15 is 0 Å². The average molecular weight is 230 g/mol. The lowest BCUT2D eigenvalue weighted by atomic mass is 9.99. The van der Waals surface area contributed by atoms with Gasteiger partial charge in [-0.1, -0.05) is 0 Å². The van der Waals surface area contributed by atoms with Crippen LogP contribution in [0.2, 0.25) is 0 Å². The van der Waals surface area contributed by atoms with Gasteiger partial charge in [0.2, 0.25) is 0 Å². The first-order valence-electron chi connectivity index (χ1n) is 4.51. The molecule has 0 saturated heterocycles. The van der Waals surface area contributed by atoms with Crippen LogP contribution < -0.4 is 5.73 Å². The zero-order chi connectivity index (χ0) is 12.3. The van der Waals surface area contributed by atoms with E-state index in [1.807, 2.05) is 0 Å². The Morgan fingerprint density at radius 1 is 1.56 bits per heavy atom. The highest BCUT2D eigenvalue weighted by Gasteiger charge is 2.33. The summed E-state index contributed by atoms with van der Waals surface area (Å²) in [6, 6.07) is 2.64. The van der Waals surface area contributed by atoms with Crippen molar-refractivity contribution in [2.75, 3.05) is 7.11 Å². The lowest BCUT2D eigenvalue weighted by molar-refractivity contribution is 0.0592. The average Bonchev–Trinajstić information content (AvgIpc) is 2.28. The maximum Gasteiger partial charge on any atom is 0.339 e. The summed E-state index contributed by atoms with van der Waals surface area (Å²) in [5.74, 6) is -0.574. The Hall–Kier alpha value is -1.56. The lowest BCUT2D eigenvalue weighted by Gasteiger charge is -2.22. The molecule has 0 aromatic carbocycles. The molecule has 6 heteroatoms. The van der Waals surface area contributed by atoms with Crippen molar-refractivity contribution in [3.63, 3.8) is 0 Å². The Morgan fingerprint density at radius 3 is 2.56 bits per heavy atom. The number of esters is 1. The number of alkyl halides is 2. The van der Waals surface area contributed by atoms with Gasteiger partial charge in [-0.05, 0) is 19.1 Å². The third-order valence-electron chi connectivity index (χ3n) is 2.19. The number of carbonyl (C=O) groups is 1. The normalized spacial score (nSPS) is 14.6. The number of nitrogens with two attached hydrogens (primary N) is 1. The fourth-order valence-corrected chi connectivity index (χ4v) is 1.06. The molecule has 2 N–H and O–H groups in total. The van der Waals surface area contributed by atoms with Gasteiger partial charge in [0.25, 0.3) is 6.43 Å². The quantitative estimate of drug-likeness (QED) is 0.795. The van der Waals surface area contributed by atoms with E-state index in [9.17, 15) is 13.6 Å². The number of aromatic nitrogens is 1. The molecule has 88 valence electrons. The Balaban J connectivity index is 2.99. The molecule has 0 spiro atoms. The van der Waals surface area contributed by atoms with E-state index in [1.165, 1.54) is 26.2 Å². The SMILES string of the molecule is COC(=O)c1ccc(C(C)(N)C(F)F)nc1. The molecule has 1 aromatic heterocycles. The van der Waals surface area contributed by atoms with Crippen LogP contribution >= 0.6 is 0 Å². The molecule has 0 fully saturated rings. The third-order valence-corrected chi connectivity index (χ3v) is 2.19. The van der Waals surface area contributed by atoms with Gasteiger partial charge in [-0.2, -0.15) is 0 Å². The summed E-state index contributed by atoms with van der Waals surface area (Å²) in [5, 5.41) is 0. The first kappa shape index (κ1) is 12.5. The highest BCUT2D eigenvalue weighted by molar-refractivity contribution is 5.88. The summed E-state index contributed by atoms with van der Waals surface area (Å²) in [6.07, 6.45) is -1.57. The number of hydrogen-bond donors (Lipinski definition) is 1. The van der Waals surface area contributed by atoms with Crippen molar-refractivity contribution in [2.24, 2.45) is 5.73 Å². The van der Waals surface area contributed by atoms with Crippen molar-refractivity contribution in [1.82, 2.24) is 4.98 Å². The lowest BCUT2D eigenvalue weighted by Crippen LogP contribution is -2.41. The molecular formula is C10H12F2N2O2. The Morgan fingerprint density at radius 2 is 2.19 bits per heavy atom. The summed E-state index contributed by atoms with van der Waals surface area (Å²) in [6.45, 7) is 1.18. The van der Waals surface area contributed by atoms with Crippen LogP contribution in [0, 0.1) is 0 Å². The number of hydrogen-bond acceptors (Lipinski definition) is 4. The number of halogens is 2. The Bertz CT molecular complexity index is 377.